The number of H-pyrrole nitrogens is 1. The van der Waals surface area contributed by atoms with Crippen LogP contribution in [0.3, 0.4) is 0 Å². The predicted octanol–water partition coefficient (Wildman–Crippen LogP) is 3.72. The summed E-state index contributed by atoms with van der Waals surface area (Å²) in [6, 6.07) is 11.6. The number of Topliss-reactive ketones (excluding diaryl/α,β-unsaturated/α-hetero) is 1. The fraction of sp³-hybridized carbons (Fsp3) is 0.360. The zero-order valence-electron chi connectivity index (χ0n) is 19.1. The maximum absolute atomic E-state index is 13.6. The lowest BCUT2D eigenvalue weighted by Crippen LogP contribution is -2.38. The zero-order valence-corrected chi connectivity index (χ0v) is 19.9. The minimum Gasteiger partial charge on any atom is -0.377 e. The fourth-order valence-electron chi connectivity index (χ4n) is 4.10. The fourth-order valence-corrected chi connectivity index (χ4v) is 5.55. The molecule has 1 aliphatic rings. The van der Waals surface area contributed by atoms with E-state index in [9.17, 15) is 18.0 Å². The molecule has 0 spiro atoms. The summed E-state index contributed by atoms with van der Waals surface area (Å²) in [5.41, 5.74) is 3.38. The molecule has 0 bridgehead atoms. The number of aromatic nitrogens is 1. The molecule has 1 fully saturated rings. The molecule has 33 heavy (non-hydrogen) atoms. The van der Waals surface area contributed by atoms with Crippen molar-refractivity contribution < 1.29 is 17.9 Å². The van der Waals surface area contributed by atoms with Crippen LogP contribution in [-0.4, -0.2) is 42.7 Å². The van der Waals surface area contributed by atoms with Crippen LogP contribution in [0.4, 0.5) is 0 Å². The van der Waals surface area contributed by atoms with Crippen LogP contribution < -0.4 is 5.56 Å². The van der Waals surface area contributed by atoms with Gasteiger partial charge in [-0.3, -0.25) is 9.59 Å². The molecule has 174 valence electrons. The van der Waals surface area contributed by atoms with Crippen molar-refractivity contribution in [1.82, 2.24) is 9.29 Å². The van der Waals surface area contributed by atoms with E-state index in [1.165, 1.54) is 35.5 Å². The first-order valence-corrected chi connectivity index (χ1v) is 12.4. The molecule has 0 aliphatic carbocycles. The van der Waals surface area contributed by atoms with Gasteiger partial charge in [-0.15, -0.1) is 0 Å². The minimum atomic E-state index is -3.92. The van der Waals surface area contributed by atoms with Gasteiger partial charge in [0.05, 0.1) is 11.0 Å². The van der Waals surface area contributed by atoms with Crippen LogP contribution in [0.2, 0.25) is 0 Å². The van der Waals surface area contributed by atoms with Crippen molar-refractivity contribution in [3.63, 3.8) is 0 Å². The van der Waals surface area contributed by atoms with Gasteiger partial charge in [0.15, 0.2) is 5.78 Å². The van der Waals surface area contributed by atoms with E-state index in [-0.39, 0.29) is 35.4 Å². The van der Waals surface area contributed by atoms with E-state index in [1.54, 1.807) is 6.07 Å². The summed E-state index contributed by atoms with van der Waals surface area (Å²) in [4.78, 5) is 27.4. The van der Waals surface area contributed by atoms with Gasteiger partial charge in [-0.1, -0.05) is 12.1 Å². The van der Waals surface area contributed by atoms with Crippen molar-refractivity contribution in [3.8, 4) is 0 Å². The van der Waals surface area contributed by atoms with Gasteiger partial charge < -0.3 is 9.72 Å². The lowest BCUT2D eigenvalue weighted by atomic mass is 10.0. The highest BCUT2D eigenvalue weighted by Gasteiger charge is 2.30. The van der Waals surface area contributed by atoms with Gasteiger partial charge >= 0.3 is 0 Å². The number of aryl methyl sites for hydroxylation is 2. The summed E-state index contributed by atoms with van der Waals surface area (Å²) in [6.07, 6.45) is 1.42. The molecule has 3 aromatic rings. The number of hydrogen-bond acceptors (Lipinski definition) is 5. The number of ether oxygens (including phenoxy) is 1. The van der Waals surface area contributed by atoms with Gasteiger partial charge in [0.25, 0.3) is 5.56 Å². The van der Waals surface area contributed by atoms with Crippen molar-refractivity contribution in [1.29, 1.82) is 0 Å². The highest BCUT2D eigenvalue weighted by Crippen LogP contribution is 2.24. The van der Waals surface area contributed by atoms with E-state index in [4.69, 9.17) is 4.74 Å². The van der Waals surface area contributed by atoms with Crippen LogP contribution in [0.25, 0.3) is 10.9 Å². The van der Waals surface area contributed by atoms with Gasteiger partial charge in [0.1, 0.15) is 0 Å². The Hall–Kier alpha value is -2.81. The number of benzene rings is 2. The van der Waals surface area contributed by atoms with Crippen LogP contribution in [-0.2, 0) is 21.3 Å². The van der Waals surface area contributed by atoms with Gasteiger partial charge in [-0.25, -0.2) is 8.42 Å². The average molecular weight is 469 g/mol. The smallest absolute Gasteiger partial charge is 0.252 e. The van der Waals surface area contributed by atoms with E-state index in [0.29, 0.717) is 17.7 Å². The third kappa shape index (κ3) is 4.93. The molecule has 4 rings (SSSR count). The molecule has 1 unspecified atom stereocenters. The van der Waals surface area contributed by atoms with E-state index in [0.717, 1.165) is 34.9 Å². The Labute approximate surface area is 193 Å². The number of hydrogen-bond donors (Lipinski definition) is 1. The second kappa shape index (κ2) is 9.21. The molecular formula is C25H28N2O5S. The molecule has 1 saturated heterocycles. The molecule has 1 N–H and O–H groups in total. The van der Waals surface area contributed by atoms with Crippen LogP contribution in [0.15, 0.2) is 52.2 Å². The molecule has 8 heteroatoms. The second-order valence-corrected chi connectivity index (χ2v) is 10.6. The molecule has 1 atom stereocenters. The van der Waals surface area contributed by atoms with Crippen LogP contribution in [0, 0.1) is 13.8 Å². The Morgan fingerprint density at radius 3 is 2.45 bits per heavy atom. The third-order valence-electron chi connectivity index (χ3n) is 6.21. The van der Waals surface area contributed by atoms with Crippen molar-refractivity contribution in [3.05, 3.63) is 75.1 Å². The lowest BCUT2D eigenvalue weighted by Gasteiger charge is -2.25. The first-order chi connectivity index (χ1) is 15.6. The van der Waals surface area contributed by atoms with Gasteiger partial charge in [-0.05, 0) is 80.5 Å². The lowest BCUT2D eigenvalue weighted by molar-refractivity contribution is 0.0925. The van der Waals surface area contributed by atoms with Gasteiger partial charge in [0.2, 0.25) is 10.0 Å². The van der Waals surface area contributed by atoms with Crippen LogP contribution >= 0.6 is 0 Å². The number of carbonyl (C=O) groups excluding carboxylic acids is 1. The number of aromatic amines is 1. The summed E-state index contributed by atoms with van der Waals surface area (Å²) >= 11 is 0. The number of fused-ring (bicyclic) bond motifs is 1. The second-order valence-electron chi connectivity index (χ2n) is 8.66. The SMILES string of the molecule is CC(=O)c1ccc(S(=O)(=O)N(Cc2cc3cc(C)c(C)cc3[nH]c2=O)CC2CCCO2)cc1. The third-order valence-corrected chi connectivity index (χ3v) is 8.04. The number of pyridine rings is 1. The predicted molar refractivity (Wildman–Crippen MR) is 127 cm³/mol. The molecule has 0 radical (unpaired) electrons. The van der Waals surface area contributed by atoms with E-state index >= 15 is 0 Å². The Kier molecular flexibility index (Phi) is 6.52. The standard InChI is InChI=1S/C25H28N2O5S/c1-16-11-20-13-21(25(29)26-24(20)12-17(16)2)14-27(15-22-5-4-10-32-22)33(30,31)23-8-6-19(7-9-23)18(3)28/h6-9,11-13,22H,4-5,10,14-15H2,1-3H3,(H,26,29). The molecule has 1 aliphatic heterocycles. The molecular weight excluding hydrogens is 440 g/mol. The summed E-state index contributed by atoms with van der Waals surface area (Å²) in [5, 5.41) is 0.855. The largest absolute Gasteiger partial charge is 0.377 e. The number of nitrogens with one attached hydrogen (secondary N) is 1. The van der Waals surface area contributed by atoms with E-state index < -0.39 is 10.0 Å². The maximum atomic E-state index is 13.6. The number of ketones is 1. The number of sulfonamides is 1. The quantitative estimate of drug-likeness (QED) is 0.533. The first-order valence-electron chi connectivity index (χ1n) is 11.0. The monoisotopic (exact) mass is 468 g/mol. The van der Waals surface area contributed by atoms with Crippen molar-refractivity contribution >= 4 is 26.7 Å². The average Bonchev–Trinajstić information content (AvgIpc) is 3.28. The maximum Gasteiger partial charge on any atom is 0.252 e. The van der Waals surface area contributed by atoms with Crippen LogP contribution in [0.5, 0.6) is 0 Å². The van der Waals surface area contributed by atoms with Crippen molar-refractivity contribution in [2.75, 3.05) is 13.2 Å². The summed E-state index contributed by atoms with van der Waals surface area (Å²) in [5.74, 6) is -0.136. The first kappa shape index (κ1) is 23.4. The normalized spacial score (nSPS) is 16.5. The topological polar surface area (TPSA) is 96.5 Å². The van der Waals surface area contributed by atoms with E-state index in [1.807, 2.05) is 26.0 Å². The molecule has 2 aromatic carbocycles. The number of rotatable bonds is 7. The Bertz CT molecular complexity index is 1350. The van der Waals surface area contributed by atoms with Gasteiger partial charge in [0, 0.05) is 36.3 Å². The van der Waals surface area contributed by atoms with E-state index in [2.05, 4.69) is 4.98 Å². The highest BCUT2D eigenvalue weighted by molar-refractivity contribution is 7.89. The Morgan fingerprint density at radius 1 is 1.12 bits per heavy atom. The molecule has 2 heterocycles. The summed E-state index contributed by atoms with van der Waals surface area (Å²) in [6.45, 7) is 6.09. The summed E-state index contributed by atoms with van der Waals surface area (Å²) in [7, 11) is -3.92. The zero-order chi connectivity index (χ0) is 23.8. The highest BCUT2D eigenvalue weighted by atomic mass is 32.2. The van der Waals surface area contributed by atoms with Crippen molar-refractivity contribution in [2.24, 2.45) is 0 Å². The Balaban J connectivity index is 1.72. The number of nitrogens with zero attached hydrogens (tertiary/aromatic N) is 1. The summed E-state index contributed by atoms with van der Waals surface area (Å²) < 4.78 is 34.1. The van der Waals surface area contributed by atoms with Crippen molar-refractivity contribution in [2.45, 2.75) is 51.2 Å². The molecule has 0 saturated carbocycles. The minimum absolute atomic E-state index is 0.0746. The number of carbonyl (C=O) groups is 1. The van der Waals surface area contributed by atoms with Gasteiger partial charge in [-0.2, -0.15) is 4.31 Å². The molecule has 7 nitrogen and oxygen atoms in total. The molecule has 0 amide bonds. The molecule has 1 aromatic heterocycles. The Morgan fingerprint density at radius 2 is 1.82 bits per heavy atom. The van der Waals surface area contributed by atoms with Crippen LogP contribution in [0.1, 0.15) is 46.8 Å².